The van der Waals surface area contributed by atoms with Crippen molar-refractivity contribution in [3.05, 3.63) is 358 Å². The highest BCUT2D eigenvalue weighted by atomic mass is 14.4. The quantitative estimate of drug-likeness (QED) is 0.114. The Kier molecular flexibility index (Phi) is 10.9. The zero-order valence-corrected chi connectivity index (χ0v) is 38.4. The van der Waals surface area contributed by atoms with Gasteiger partial charge >= 0.3 is 0 Å². The van der Waals surface area contributed by atoms with Crippen molar-refractivity contribution in [1.29, 1.82) is 0 Å². The Morgan fingerprint density at radius 3 is 0.739 bits per heavy atom. The molecule has 0 fully saturated rings. The average Bonchev–Trinajstić information content (AvgIpc) is 3.78. The van der Waals surface area contributed by atoms with Gasteiger partial charge in [-0.3, -0.25) is 0 Å². The molecule has 69 heavy (non-hydrogen) atoms. The average molecular weight is 879 g/mol. The molecule has 0 aromatic heterocycles. The first-order valence-corrected chi connectivity index (χ1v) is 24.1. The summed E-state index contributed by atoms with van der Waals surface area (Å²) >= 11 is 0. The highest BCUT2D eigenvalue weighted by molar-refractivity contribution is 5.83. The molecule has 0 N–H and O–H groups in total. The van der Waals surface area contributed by atoms with E-state index in [4.69, 9.17) is 0 Å². The largest absolute Gasteiger partial charge is 0.0701 e. The Balaban J connectivity index is 1.04. The lowest BCUT2D eigenvalue weighted by Crippen LogP contribution is -2.30. The lowest BCUT2D eigenvalue weighted by molar-refractivity contribution is 0.745. The molecule has 0 nitrogen and oxygen atoms in total. The van der Waals surface area contributed by atoms with Gasteiger partial charge in [-0.25, -0.2) is 0 Å². The number of rotatable bonds is 11. The summed E-state index contributed by atoms with van der Waals surface area (Å²) in [4.78, 5) is 0. The zero-order chi connectivity index (χ0) is 46.0. The molecule has 1 aliphatic carbocycles. The second-order valence-electron chi connectivity index (χ2n) is 18.3. The lowest BCUT2D eigenvalue weighted by Gasteiger charge is -2.37. The fourth-order valence-electron chi connectivity index (χ4n) is 11.6. The molecule has 0 bridgehead atoms. The first kappa shape index (κ1) is 41.8. The van der Waals surface area contributed by atoms with Crippen LogP contribution in [0.15, 0.2) is 297 Å². The van der Waals surface area contributed by atoms with Gasteiger partial charge < -0.3 is 0 Å². The van der Waals surface area contributed by atoms with E-state index in [-0.39, 0.29) is 5.92 Å². The van der Waals surface area contributed by atoms with Gasteiger partial charge in [0, 0.05) is 5.92 Å². The van der Waals surface area contributed by atoms with Crippen LogP contribution in [-0.4, -0.2) is 0 Å². The van der Waals surface area contributed by atoms with E-state index >= 15 is 0 Å². The van der Waals surface area contributed by atoms with Gasteiger partial charge in [-0.05, 0) is 101 Å². The summed E-state index contributed by atoms with van der Waals surface area (Å²) in [5, 5.41) is 0. The van der Waals surface area contributed by atoms with Gasteiger partial charge in [-0.2, -0.15) is 0 Å². The van der Waals surface area contributed by atoms with Gasteiger partial charge in [0.1, 0.15) is 0 Å². The van der Waals surface area contributed by atoms with Crippen molar-refractivity contribution in [3.8, 4) is 33.4 Å². The Morgan fingerprint density at radius 1 is 0.203 bits per heavy atom. The van der Waals surface area contributed by atoms with E-state index in [2.05, 4.69) is 297 Å². The Hall–Kier alpha value is -8.58. The van der Waals surface area contributed by atoms with Crippen LogP contribution in [-0.2, 0) is 10.8 Å². The predicted molar refractivity (Wildman–Crippen MR) is 287 cm³/mol. The van der Waals surface area contributed by atoms with Gasteiger partial charge in [-0.1, -0.05) is 291 Å². The monoisotopic (exact) mass is 878 g/mol. The molecule has 0 saturated heterocycles. The Morgan fingerprint density at radius 2 is 0.449 bits per heavy atom. The maximum atomic E-state index is 2.44. The van der Waals surface area contributed by atoms with Crippen molar-refractivity contribution in [2.45, 2.75) is 16.7 Å². The molecule has 326 valence electrons. The fraction of sp³-hybridized carbons (Fsp3) is 0.0435. The van der Waals surface area contributed by atoms with Gasteiger partial charge in [0.25, 0.3) is 0 Å². The molecule has 11 aromatic carbocycles. The predicted octanol–water partition coefficient (Wildman–Crippen LogP) is 16.9. The molecule has 11 aromatic rings. The summed E-state index contributed by atoms with van der Waals surface area (Å²) in [7, 11) is 0. The number of hydrogen-bond donors (Lipinski definition) is 0. The van der Waals surface area contributed by atoms with Crippen molar-refractivity contribution in [2.24, 2.45) is 0 Å². The van der Waals surface area contributed by atoms with Crippen LogP contribution in [0.3, 0.4) is 0 Å². The van der Waals surface area contributed by atoms with E-state index in [1.165, 1.54) is 94.6 Å². The number of fused-ring (bicyclic) bond motifs is 3. The molecule has 12 rings (SSSR count). The van der Waals surface area contributed by atoms with Gasteiger partial charge in [0.2, 0.25) is 0 Å². The van der Waals surface area contributed by atoms with Crippen molar-refractivity contribution in [3.63, 3.8) is 0 Å². The number of benzene rings is 11. The Bertz CT molecular complexity index is 3060. The van der Waals surface area contributed by atoms with Crippen molar-refractivity contribution in [1.82, 2.24) is 0 Å². The van der Waals surface area contributed by atoms with E-state index < -0.39 is 10.8 Å². The first-order valence-electron chi connectivity index (χ1n) is 24.1. The van der Waals surface area contributed by atoms with E-state index in [9.17, 15) is 0 Å². The van der Waals surface area contributed by atoms with Crippen molar-refractivity contribution < 1.29 is 0 Å². The highest BCUT2D eigenvalue weighted by Gasteiger charge is 2.40. The topological polar surface area (TPSA) is 0 Å². The molecule has 1 aliphatic rings. The second kappa shape index (κ2) is 17.9. The van der Waals surface area contributed by atoms with Crippen molar-refractivity contribution in [2.75, 3.05) is 0 Å². The third kappa shape index (κ3) is 7.16. The van der Waals surface area contributed by atoms with E-state index in [1.54, 1.807) is 0 Å². The summed E-state index contributed by atoms with van der Waals surface area (Å²) in [6.07, 6.45) is 0. The molecule has 0 unspecified atom stereocenters. The minimum Gasteiger partial charge on any atom is -0.0622 e. The van der Waals surface area contributed by atoms with Crippen LogP contribution in [0.2, 0.25) is 0 Å². The molecule has 0 heteroatoms. The Labute approximate surface area is 406 Å². The third-order valence-corrected chi connectivity index (χ3v) is 14.7. The summed E-state index contributed by atoms with van der Waals surface area (Å²) in [5.74, 6) is 0.0958. The van der Waals surface area contributed by atoms with Crippen LogP contribution in [0, 0.1) is 0 Å². The van der Waals surface area contributed by atoms with Crippen LogP contribution >= 0.6 is 0 Å². The van der Waals surface area contributed by atoms with Crippen LogP contribution in [0.1, 0.15) is 67.1 Å². The number of hydrogen-bond acceptors (Lipinski definition) is 0. The SMILES string of the molecule is c1ccc(C(c2ccccc2)(c2ccccc2)c2ccc(-c3cc(-c4ccc(C(c5ccccc5)(c5ccccc5)c5ccccc5)cc4)cc(C4c5ccccc5-c5ccccc54)c3)cc2)cc1. The molecule has 0 amide bonds. The standard InChI is InChI=1S/C69H50/c1-7-23-55(24-8-1)68(56-25-9-2-10-26-56,57-27-11-3-12-28-57)61-43-39-50(40-44-61)52-47-53(49-54(48-52)67-65-37-21-19-35-63(65)64-36-20-22-38-66(64)67)51-41-45-62(46-42-51)69(58-29-13-4-14-30-58,59-31-15-5-16-32-59)60-33-17-6-18-34-60/h1-49,67H. The summed E-state index contributed by atoms with van der Waals surface area (Å²) < 4.78 is 0. The fourth-order valence-corrected chi connectivity index (χ4v) is 11.6. The zero-order valence-electron chi connectivity index (χ0n) is 38.4. The molecule has 0 radical (unpaired) electrons. The smallest absolute Gasteiger partial charge is 0.0622 e. The molecular weight excluding hydrogens is 829 g/mol. The summed E-state index contributed by atoms with van der Waals surface area (Å²) in [5.41, 5.74) is 20.2. The van der Waals surface area contributed by atoms with Crippen LogP contribution < -0.4 is 0 Å². The maximum absolute atomic E-state index is 2.44. The van der Waals surface area contributed by atoms with Crippen molar-refractivity contribution >= 4 is 0 Å². The molecule has 0 atom stereocenters. The molecule has 0 heterocycles. The lowest BCUT2D eigenvalue weighted by atomic mass is 9.65. The van der Waals surface area contributed by atoms with Crippen LogP contribution in [0.25, 0.3) is 33.4 Å². The van der Waals surface area contributed by atoms with Crippen LogP contribution in [0.4, 0.5) is 0 Å². The molecule has 0 aliphatic heterocycles. The third-order valence-electron chi connectivity index (χ3n) is 14.7. The van der Waals surface area contributed by atoms with E-state index in [0.717, 1.165) is 0 Å². The summed E-state index contributed by atoms with van der Waals surface area (Å²) in [6.45, 7) is 0. The van der Waals surface area contributed by atoms with Gasteiger partial charge in [0.05, 0.1) is 10.8 Å². The highest BCUT2D eigenvalue weighted by Crippen LogP contribution is 2.51. The van der Waals surface area contributed by atoms with Crippen LogP contribution in [0.5, 0.6) is 0 Å². The minimum absolute atomic E-state index is 0.0958. The first-order chi connectivity index (χ1) is 34.2. The molecule has 0 spiro atoms. The van der Waals surface area contributed by atoms with Gasteiger partial charge in [0.15, 0.2) is 0 Å². The van der Waals surface area contributed by atoms with E-state index in [1.807, 2.05) is 0 Å². The minimum atomic E-state index is -0.525. The second-order valence-corrected chi connectivity index (χ2v) is 18.3. The summed E-state index contributed by atoms with van der Waals surface area (Å²) in [6, 6.07) is 110. The maximum Gasteiger partial charge on any atom is 0.0701 e. The normalized spacial score (nSPS) is 12.3. The van der Waals surface area contributed by atoms with E-state index in [0.29, 0.717) is 0 Å². The van der Waals surface area contributed by atoms with Gasteiger partial charge in [-0.15, -0.1) is 0 Å². The molecule has 0 saturated carbocycles. The molecular formula is C69H50.